The summed E-state index contributed by atoms with van der Waals surface area (Å²) in [7, 11) is 0. The van der Waals surface area contributed by atoms with Crippen molar-refractivity contribution in [2.45, 2.75) is 12.2 Å². The molecule has 0 saturated carbocycles. The zero-order valence-electron chi connectivity index (χ0n) is 7.42. The van der Waals surface area contributed by atoms with Crippen LogP contribution < -0.4 is 0 Å². The van der Waals surface area contributed by atoms with E-state index >= 15 is 0 Å². The van der Waals surface area contributed by atoms with Crippen LogP contribution >= 0.6 is 0 Å². The van der Waals surface area contributed by atoms with E-state index in [0.29, 0.717) is 5.56 Å². The van der Waals surface area contributed by atoms with Crippen LogP contribution in [0.2, 0.25) is 0 Å². The summed E-state index contributed by atoms with van der Waals surface area (Å²) in [5.74, 6) is -0.227. The van der Waals surface area contributed by atoms with Crippen LogP contribution in [-0.4, -0.2) is 56.5 Å². The molecule has 2 rings (SSSR count). The average Bonchev–Trinajstić information content (AvgIpc) is 2.76. The summed E-state index contributed by atoms with van der Waals surface area (Å²) in [5.41, 5.74) is 0.436. The number of H-pyrrole nitrogens is 1. The summed E-state index contributed by atoms with van der Waals surface area (Å²) in [5, 5.41) is 24.7. The lowest BCUT2D eigenvalue weighted by Crippen LogP contribution is -2.29. The van der Waals surface area contributed by atoms with Crippen LogP contribution in [0.4, 0.5) is 0 Å². The largest absolute Gasteiger partial charge is 0.388 e. The summed E-state index contributed by atoms with van der Waals surface area (Å²) < 4.78 is 0. The normalized spacial score (nSPS) is 26.9. The molecule has 1 aromatic heterocycles. The lowest BCUT2D eigenvalue weighted by Gasteiger charge is -2.13. The van der Waals surface area contributed by atoms with Crippen LogP contribution in [0, 0.1) is 0 Å². The van der Waals surface area contributed by atoms with E-state index < -0.39 is 12.2 Å². The summed E-state index contributed by atoms with van der Waals surface area (Å²) >= 11 is 0. The lowest BCUT2D eigenvalue weighted by molar-refractivity contribution is 0.0572. The van der Waals surface area contributed by atoms with E-state index in [9.17, 15) is 15.0 Å². The molecule has 14 heavy (non-hydrogen) atoms. The van der Waals surface area contributed by atoms with E-state index in [1.54, 1.807) is 0 Å². The fourth-order valence-electron chi connectivity index (χ4n) is 1.49. The Labute approximate surface area is 80.2 Å². The van der Waals surface area contributed by atoms with E-state index in [1.165, 1.54) is 17.3 Å². The summed E-state index contributed by atoms with van der Waals surface area (Å²) in [6, 6.07) is 0. The first-order chi connectivity index (χ1) is 6.68. The molecule has 2 heterocycles. The molecule has 0 aromatic carbocycles. The standard InChI is InChI=1S/C8H11N3O3/c12-6-3-11(4-7(6)13)8(14)5-1-9-10-2-5/h1-2,6-7,12-13H,3-4H2,(H,9,10). The topological polar surface area (TPSA) is 89.5 Å². The first-order valence-electron chi connectivity index (χ1n) is 4.32. The molecular weight excluding hydrogens is 186 g/mol. The van der Waals surface area contributed by atoms with Gasteiger partial charge in [-0.15, -0.1) is 0 Å². The van der Waals surface area contributed by atoms with Crippen molar-refractivity contribution in [1.82, 2.24) is 15.1 Å². The van der Waals surface area contributed by atoms with Crippen molar-refractivity contribution in [3.05, 3.63) is 18.0 Å². The Hall–Kier alpha value is -1.40. The maximum Gasteiger partial charge on any atom is 0.257 e. The molecular formula is C8H11N3O3. The van der Waals surface area contributed by atoms with Gasteiger partial charge >= 0.3 is 0 Å². The van der Waals surface area contributed by atoms with Crippen molar-refractivity contribution in [3.63, 3.8) is 0 Å². The number of hydrogen-bond donors (Lipinski definition) is 3. The number of nitrogens with zero attached hydrogens (tertiary/aromatic N) is 2. The average molecular weight is 197 g/mol. The van der Waals surface area contributed by atoms with Crippen molar-refractivity contribution in [1.29, 1.82) is 0 Å². The van der Waals surface area contributed by atoms with Crippen LogP contribution in [0.1, 0.15) is 10.4 Å². The van der Waals surface area contributed by atoms with Gasteiger partial charge in [0, 0.05) is 19.3 Å². The Morgan fingerprint density at radius 3 is 2.64 bits per heavy atom. The molecule has 1 aliphatic heterocycles. The van der Waals surface area contributed by atoms with Crippen molar-refractivity contribution in [2.75, 3.05) is 13.1 Å². The third-order valence-electron chi connectivity index (χ3n) is 2.29. The Morgan fingerprint density at radius 2 is 2.14 bits per heavy atom. The molecule has 3 N–H and O–H groups in total. The van der Waals surface area contributed by atoms with Gasteiger partial charge in [-0.2, -0.15) is 5.10 Å². The SMILES string of the molecule is O=C(c1cn[nH]c1)N1CC(O)C(O)C1. The number of nitrogens with one attached hydrogen (secondary N) is 1. The number of hydrogen-bond acceptors (Lipinski definition) is 4. The molecule has 0 aliphatic carbocycles. The Bertz CT molecular complexity index is 315. The van der Waals surface area contributed by atoms with Gasteiger partial charge in [-0.1, -0.05) is 0 Å². The van der Waals surface area contributed by atoms with Crippen LogP contribution in [-0.2, 0) is 0 Å². The minimum atomic E-state index is -0.842. The predicted octanol–water partition coefficient (Wildman–Crippen LogP) is -1.41. The van der Waals surface area contributed by atoms with Gasteiger partial charge in [0.1, 0.15) is 0 Å². The number of likely N-dealkylation sites (tertiary alicyclic amines) is 1. The number of carbonyl (C=O) groups is 1. The highest BCUT2D eigenvalue weighted by molar-refractivity contribution is 5.93. The van der Waals surface area contributed by atoms with Gasteiger partial charge in [-0.25, -0.2) is 0 Å². The van der Waals surface area contributed by atoms with E-state index in [0.717, 1.165) is 0 Å². The highest BCUT2D eigenvalue weighted by Crippen LogP contribution is 2.13. The van der Waals surface area contributed by atoms with Crippen molar-refractivity contribution in [3.8, 4) is 0 Å². The second-order valence-corrected chi connectivity index (χ2v) is 3.33. The molecule has 6 nitrogen and oxygen atoms in total. The predicted molar refractivity (Wildman–Crippen MR) is 46.5 cm³/mol. The number of aromatic nitrogens is 2. The number of β-amino-alcohol motifs (C(OH)–C–C–N with tert-alkyl or cyclic N) is 2. The Morgan fingerprint density at radius 1 is 1.50 bits per heavy atom. The zero-order valence-corrected chi connectivity index (χ0v) is 7.42. The fourth-order valence-corrected chi connectivity index (χ4v) is 1.49. The maximum absolute atomic E-state index is 11.6. The second kappa shape index (κ2) is 3.39. The van der Waals surface area contributed by atoms with Gasteiger partial charge in [0.15, 0.2) is 0 Å². The Balaban J connectivity index is 2.07. The van der Waals surface area contributed by atoms with E-state index in [4.69, 9.17) is 0 Å². The molecule has 2 unspecified atom stereocenters. The minimum absolute atomic E-state index is 0.172. The molecule has 0 radical (unpaired) electrons. The van der Waals surface area contributed by atoms with Crippen molar-refractivity contribution < 1.29 is 15.0 Å². The summed E-state index contributed by atoms with van der Waals surface area (Å²) in [6.07, 6.45) is 1.22. The molecule has 6 heteroatoms. The third kappa shape index (κ3) is 1.49. The maximum atomic E-state index is 11.6. The molecule has 0 spiro atoms. The number of carbonyl (C=O) groups excluding carboxylic acids is 1. The molecule has 1 saturated heterocycles. The number of aliphatic hydroxyl groups excluding tert-OH is 2. The van der Waals surface area contributed by atoms with Crippen molar-refractivity contribution in [2.24, 2.45) is 0 Å². The number of aromatic amines is 1. The van der Waals surface area contributed by atoms with E-state index in [1.807, 2.05) is 0 Å². The molecule has 1 aromatic rings. The van der Waals surface area contributed by atoms with E-state index in [2.05, 4.69) is 10.2 Å². The van der Waals surface area contributed by atoms with Gasteiger partial charge in [-0.05, 0) is 0 Å². The third-order valence-corrected chi connectivity index (χ3v) is 2.29. The highest BCUT2D eigenvalue weighted by Gasteiger charge is 2.33. The number of rotatable bonds is 1. The molecule has 1 amide bonds. The molecule has 0 bridgehead atoms. The quantitative estimate of drug-likeness (QED) is 0.516. The minimum Gasteiger partial charge on any atom is -0.388 e. The van der Waals surface area contributed by atoms with Crippen LogP contribution in [0.5, 0.6) is 0 Å². The summed E-state index contributed by atoms with van der Waals surface area (Å²) in [4.78, 5) is 13.0. The van der Waals surface area contributed by atoms with Crippen LogP contribution in [0.15, 0.2) is 12.4 Å². The molecule has 1 fully saturated rings. The summed E-state index contributed by atoms with van der Waals surface area (Å²) in [6.45, 7) is 0.344. The first kappa shape index (κ1) is 9.17. The molecule has 2 atom stereocenters. The smallest absolute Gasteiger partial charge is 0.257 e. The first-order valence-corrected chi connectivity index (χ1v) is 4.32. The monoisotopic (exact) mass is 197 g/mol. The van der Waals surface area contributed by atoms with Gasteiger partial charge in [-0.3, -0.25) is 9.89 Å². The van der Waals surface area contributed by atoms with Gasteiger partial charge in [0.25, 0.3) is 5.91 Å². The van der Waals surface area contributed by atoms with E-state index in [-0.39, 0.29) is 19.0 Å². The zero-order chi connectivity index (χ0) is 10.1. The van der Waals surface area contributed by atoms with Crippen molar-refractivity contribution >= 4 is 5.91 Å². The van der Waals surface area contributed by atoms with Crippen LogP contribution in [0.3, 0.4) is 0 Å². The lowest BCUT2D eigenvalue weighted by atomic mass is 10.3. The molecule has 76 valence electrons. The number of amides is 1. The van der Waals surface area contributed by atoms with Gasteiger partial charge in [0.2, 0.25) is 0 Å². The van der Waals surface area contributed by atoms with Crippen LogP contribution in [0.25, 0.3) is 0 Å². The fraction of sp³-hybridized carbons (Fsp3) is 0.500. The number of aliphatic hydroxyl groups is 2. The highest BCUT2D eigenvalue weighted by atomic mass is 16.3. The Kier molecular flexibility index (Phi) is 2.22. The molecule has 1 aliphatic rings. The van der Waals surface area contributed by atoms with Gasteiger partial charge in [0.05, 0.1) is 24.0 Å². The second-order valence-electron chi connectivity index (χ2n) is 3.33. The van der Waals surface area contributed by atoms with Gasteiger partial charge < -0.3 is 15.1 Å².